The molecular formula is C5H4F2O3. The molecule has 0 radical (unpaired) electrons. The summed E-state index contributed by atoms with van der Waals surface area (Å²) in [6.45, 7) is 0. The lowest BCUT2D eigenvalue weighted by molar-refractivity contribution is -0.137. The molecule has 0 atom stereocenters. The minimum atomic E-state index is -1.86. The number of hydrogen-bond donors (Lipinski definition) is 0. The number of halogens is 2. The van der Waals surface area contributed by atoms with Crippen molar-refractivity contribution < 1.29 is 23.2 Å². The SMILES string of the molecule is O=C(F)CC(=O)CC(=O)F. The first-order valence-corrected chi connectivity index (χ1v) is 2.40. The Kier molecular flexibility index (Phi) is 3.38. The van der Waals surface area contributed by atoms with Crippen LogP contribution in [0.1, 0.15) is 12.8 Å². The lowest BCUT2D eigenvalue weighted by atomic mass is 10.2. The highest BCUT2D eigenvalue weighted by molar-refractivity contribution is 6.03. The van der Waals surface area contributed by atoms with E-state index in [9.17, 15) is 23.2 Å². The van der Waals surface area contributed by atoms with Crippen molar-refractivity contribution >= 4 is 17.9 Å². The Morgan fingerprint density at radius 1 is 0.900 bits per heavy atom. The smallest absolute Gasteiger partial charge is 0.298 e. The summed E-state index contributed by atoms with van der Waals surface area (Å²) in [7, 11) is 0. The molecule has 56 valence electrons. The molecule has 0 aliphatic heterocycles. The van der Waals surface area contributed by atoms with E-state index in [0.717, 1.165) is 0 Å². The van der Waals surface area contributed by atoms with Crippen LogP contribution in [0, 0.1) is 0 Å². The maximum atomic E-state index is 11.3. The van der Waals surface area contributed by atoms with Gasteiger partial charge in [-0.05, 0) is 0 Å². The van der Waals surface area contributed by atoms with Crippen molar-refractivity contribution in [3.05, 3.63) is 0 Å². The summed E-state index contributed by atoms with van der Waals surface area (Å²) in [4.78, 5) is 29.2. The summed E-state index contributed by atoms with van der Waals surface area (Å²) in [5.74, 6) is -1.04. The zero-order valence-electron chi connectivity index (χ0n) is 4.89. The Morgan fingerprint density at radius 2 is 1.20 bits per heavy atom. The Morgan fingerprint density at radius 3 is 1.40 bits per heavy atom. The zero-order chi connectivity index (χ0) is 8.15. The molecule has 0 spiro atoms. The van der Waals surface area contributed by atoms with Crippen molar-refractivity contribution in [2.24, 2.45) is 0 Å². The molecule has 5 heteroatoms. The lowest BCUT2D eigenvalue weighted by Crippen LogP contribution is -2.06. The normalized spacial score (nSPS) is 9.00. The van der Waals surface area contributed by atoms with Crippen LogP contribution in [0.4, 0.5) is 8.78 Å². The van der Waals surface area contributed by atoms with Gasteiger partial charge in [0.15, 0.2) is 5.78 Å². The highest BCUT2D eigenvalue weighted by Crippen LogP contribution is 1.93. The van der Waals surface area contributed by atoms with Gasteiger partial charge in [0.2, 0.25) is 0 Å². The quantitative estimate of drug-likeness (QED) is 0.428. The third-order valence-electron chi connectivity index (χ3n) is 0.672. The lowest BCUT2D eigenvalue weighted by Gasteiger charge is -1.86. The summed E-state index contributed by atoms with van der Waals surface area (Å²) < 4.78 is 22.6. The van der Waals surface area contributed by atoms with E-state index in [-0.39, 0.29) is 0 Å². The van der Waals surface area contributed by atoms with Gasteiger partial charge in [0.1, 0.15) is 0 Å². The molecule has 0 heterocycles. The van der Waals surface area contributed by atoms with Gasteiger partial charge in [0.25, 0.3) is 0 Å². The van der Waals surface area contributed by atoms with E-state index < -0.39 is 30.7 Å². The topological polar surface area (TPSA) is 51.2 Å². The van der Waals surface area contributed by atoms with Gasteiger partial charge in [0.05, 0.1) is 12.8 Å². The van der Waals surface area contributed by atoms with Crippen LogP contribution in [0.2, 0.25) is 0 Å². The summed E-state index contributed by atoms with van der Waals surface area (Å²) in [6.07, 6.45) is -2.04. The van der Waals surface area contributed by atoms with Gasteiger partial charge in [0, 0.05) is 0 Å². The third-order valence-corrected chi connectivity index (χ3v) is 0.672. The van der Waals surface area contributed by atoms with E-state index >= 15 is 0 Å². The van der Waals surface area contributed by atoms with Crippen molar-refractivity contribution in [2.75, 3.05) is 0 Å². The molecule has 0 aromatic heterocycles. The number of carbonyl (C=O) groups is 3. The van der Waals surface area contributed by atoms with Gasteiger partial charge < -0.3 is 0 Å². The van der Waals surface area contributed by atoms with Crippen LogP contribution in [0.3, 0.4) is 0 Å². The Labute approximate surface area is 55.0 Å². The molecule has 3 nitrogen and oxygen atoms in total. The fourth-order valence-corrected chi connectivity index (χ4v) is 0.373. The molecule has 0 aromatic carbocycles. The van der Waals surface area contributed by atoms with Crippen LogP contribution in [-0.2, 0) is 14.4 Å². The number of rotatable bonds is 4. The zero-order valence-corrected chi connectivity index (χ0v) is 4.89. The van der Waals surface area contributed by atoms with E-state index in [4.69, 9.17) is 0 Å². The van der Waals surface area contributed by atoms with Crippen molar-refractivity contribution in [3.8, 4) is 0 Å². The van der Waals surface area contributed by atoms with E-state index in [1.54, 1.807) is 0 Å². The van der Waals surface area contributed by atoms with E-state index in [0.29, 0.717) is 0 Å². The average molecular weight is 150 g/mol. The van der Waals surface area contributed by atoms with Gasteiger partial charge in [-0.3, -0.25) is 14.4 Å². The van der Waals surface area contributed by atoms with Crippen LogP contribution < -0.4 is 0 Å². The molecule has 0 fully saturated rings. The second kappa shape index (κ2) is 3.81. The highest BCUT2D eigenvalue weighted by atomic mass is 19.1. The molecule has 0 aromatic rings. The van der Waals surface area contributed by atoms with Crippen molar-refractivity contribution in [1.29, 1.82) is 0 Å². The summed E-state index contributed by atoms with van der Waals surface area (Å²) in [6, 6.07) is -3.71. The second-order valence-electron chi connectivity index (χ2n) is 1.60. The van der Waals surface area contributed by atoms with E-state index in [1.165, 1.54) is 0 Å². The van der Waals surface area contributed by atoms with Crippen molar-refractivity contribution in [1.82, 2.24) is 0 Å². The summed E-state index contributed by atoms with van der Waals surface area (Å²) >= 11 is 0. The molecule has 0 rings (SSSR count). The van der Waals surface area contributed by atoms with Crippen LogP contribution >= 0.6 is 0 Å². The monoisotopic (exact) mass is 150 g/mol. The van der Waals surface area contributed by atoms with E-state index in [1.807, 2.05) is 0 Å². The Bertz CT molecular complexity index is 158. The van der Waals surface area contributed by atoms with Gasteiger partial charge in [-0.25, -0.2) is 0 Å². The molecule has 0 amide bonds. The third kappa shape index (κ3) is 5.02. The fourth-order valence-electron chi connectivity index (χ4n) is 0.373. The minimum absolute atomic E-state index is 1.02. The van der Waals surface area contributed by atoms with Gasteiger partial charge in [-0.15, -0.1) is 0 Å². The molecule has 0 saturated carbocycles. The maximum absolute atomic E-state index is 11.3. The van der Waals surface area contributed by atoms with Crippen LogP contribution in [0.5, 0.6) is 0 Å². The van der Waals surface area contributed by atoms with E-state index in [2.05, 4.69) is 0 Å². The highest BCUT2D eigenvalue weighted by Gasteiger charge is 2.11. The van der Waals surface area contributed by atoms with Gasteiger partial charge in [-0.1, -0.05) is 0 Å². The van der Waals surface area contributed by atoms with Crippen molar-refractivity contribution in [3.63, 3.8) is 0 Å². The maximum Gasteiger partial charge on any atom is 0.308 e. The molecule has 0 aliphatic rings. The van der Waals surface area contributed by atoms with Crippen LogP contribution in [0.25, 0.3) is 0 Å². The van der Waals surface area contributed by atoms with Gasteiger partial charge >= 0.3 is 12.1 Å². The fraction of sp³-hybridized carbons (Fsp3) is 0.400. The number of ketones is 1. The Hall–Kier alpha value is -1.13. The average Bonchev–Trinajstić information content (AvgIpc) is 1.58. The molecule has 0 unspecified atom stereocenters. The molecule has 0 N–H and O–H groups in total. The minimum Gasteiger partial charge on any atom is -0.298 e. The Balaban J connectivity index is 3.65. The molecule has 0 bridgehead atoms. The predicted molar refractivity (Wildman–Crippen MR) is 26.5 cm³/mol. The molecule has 0 saturated heterocycles. The van der Waals surface area contributed by atoms with Crippen molar-refractivity contribution in [2.45, 2.75) is 12.8 Å². The largest absolute Gasteiger partial charge is 0.308 e. The van der Waals surface area contributed by atoms with Gasteiger partial charge in [-0.2, -0.15) is 8.78 Å². The number of hydrogen-bond acceptors (Lipinski definition) is 3. The van der Waals surface area contributed by atoms with Crippen LogP contribution in [-0.4, -0.2) is 17.9 Å². The first-order chi connectivity index (χ1) is 4.52. The number of Topliss-reactive ketones (excluding diaryl/α,β-unsaturated/α-hetero) is 1. The first-order valence-electron chi connectivity index (χ1n) is 2.40. The molecule has 10 heavy (non-hydrogen) atoms. The number of carbonyl (C=O) groups excluding carboxylic acids is 3. The molecular weight excluding hydrogens is 146 g/mol. The summed E-state index contributed by atoms with van der Waals surface area (Å²) in [5.41, 5.74) is 0. The second-order valence-corrected chi connectivity index (χ2v) is 1.60. The summed E-state index contributed by atoms with van der Waals surface area (Å²) in [5, 5.41) is 0. The standard InChI is InChI=1S/C5H4F2O3/c6-4(9)1-3(8)2-5(7)10/h1-2H2. The predicted octanol–water partition coefficient (Wildman–Crippen LogP) is 0.328. The van der Waals surface area contributed by atoms with Crippen LogP contribution in [0.15, 0.2) is 0 Å². The first kappa shape index (κ1) is 8.87. The molecule has 0 aliphatic carbocycles.